The lowest BCUT2D eigenvalue weighted by molar-refractivity contribution is 0.0703. The van der Waals surface area contributed by atoms with Crippen molar-refractivity contribution in [3.05, 3.63) is 72.0 Å². The summed E-state index contributed by atoms with van der Waals surface area (Å²) in [6, 6.07) is 18.5. The molecule has 5 nitrogen and oxygen atoms in total. The topological polar surface area (TPSA) is 61.8 Å². The summed E-state index contributed by atoms with van der Waals surface area (Å²) in [6.45, 7) is 1.83. The number of carbonyl (C=O) groups is 1. The van der Waals surface area contributed by atoms with Gasteiger partial charge in [-0.1, -0.05) is 18.2 Å². The third kappa shape index (κ3) is 2.52. The summed E-state index contributed by atoms with van der Waals surface area (Å²) in [7, 11) is 1.60. The lowest BCUT2D eigenvalue weighted by Gasteiger charge is -2.03. The largest absolute Gasteiger partial charge is 0.497 e. The standard InChI is InChI=1S/C23H16O5/c1-13-17-11-14(25-2)7-9-20(17)28-22(13)23(24)26-15-8-10-21-18(12-15)16-5-3-4-6-19(16)27-21/h3-12H,1-2H3. The van der Waals surface area contributed by atoms with Gasteiger partial charge in [0.2, 0.25) is 5.76 Å². The highest BCUT2D eigenvalue weighted by Gasteiger charge is 2.20. The monoisotopic (exact) mass is 372 g/mol. The molecule has 0 fully saturated rings. The van der Waals surface area contributed by atoms with E-state index in [2.05, 4.69) is 0 Å². The van der Waals surface area contributed by atoms with Gasteiger partial charge in [0.1, 0.15) is 28.2 Å². The third-order valence-corrected chi connectivity index (χ3v) is 4.89. The minimum atomic E-state index is -0.542. The van der Waals surface area contributed by atoms with Gasteiger partial charge in [-0.25, -0.2) is 4.79 Å². The van der Waals surface area contributed by atoms with E-state index in [1.165, 1.54) is 0 Å². The van der Waals surface area contributed by atoms with Crippen molar-refractivity contribution in [2.75, 3.05) is 7.11 Å². The summed E-state index contributed by atoms with van der Waals surface area (Å²) < 4.78 is 22.4. The Morgan fingerprint density at radius 2 is 1.46 bits per heavy atom. The van der Waals surface area contributed by atoms with Crippen molar-refractivity contribution in [2.24, 2.45) is 0 Å². The Balaban J connectivity index is 1.52. The third-order valence-electron chi connectivity index (χ3n) is 4.89. The molecule has 0 bridgehead atoms. The van der Waals surface area contributed by atoms with E-state index in [-0.39, 0.29) is 5.76 Å². The van der Waals surface area contributed by atoms with Gasteiger partial charge in [0.05, 0.1) is 7.11 Å². The number of methoxy groups -OCH3 is 1. The molecule has 2 aromatic heterocycles. The predicted octanol–water partition coefficient (Wildman–Crippen LogP) is 5.87. The molecule has 2 heterocycles. The molecule has 0 aliphatic heterocycles. The highest BCUT2D eigenvalue weighted by molar-refractivity contribution is 6.05. The van der Waals surface area contributed by atoms with Crippen LogP contribution in [0.1, 0.15) is 16.1 Å². The van der Waals surface area contributed by atoms with Crippen molar-refractivity contribution in [3.8, 4) is 11.5 Å². The van der Waals surface area contributed by atoms with E-state index in [0.29, 0.717) is 22.6 Å². The lowest BCUT2D eigenvalue weighted by Crippen LogP contribution is -2.08. The molecular formula is C23H16O5. The van der Waals surface area contributed by atoms with Crippen molar-refractivity contribution in [2.45, 2.75) is 6.92 Å². The van der Waals surface area contributed by atoms with Gasteiger partial charge in [-0.2, -0.15) is 0 Å². The zero-order valence-electron chi connectivity index (χ0n) is 15.3. The molecule has 5 aromatic rings. The van der Waals surface area contributed by atoms with E-state index < -0.39 is 5.97 Å². The number of fused-ring (bicyclic) bond motifs is 4. The first-order chi connectivity index (χ1) is 13.6. The molecule has 0 aliphatic carbocycles. The fourth-order valence-corrected chi connectivity index (χ4v) is 3.44. The van der Waals surface area contributed by atoms with E-state index in [1.54, 1.807) is 37.4 Å². The van der Waals surface area contributed by atoms with Gasteiger partial charge >= 0.3 is 5.97 Å². The van der Waals surface area contributed by atoms with E-state index in [1.807, 2.05) is 37.3 Å². The van der Waals surface area contributed by atoms with Gasteiger partial charge in [0, 0.05) is 21.7 Å². The first-order valence-corrected chi connectivity index (χ1v) is 8.84. The van der Waals surface area contributed by atoms with Gasteiger partial charge < -0.3 is 18.3 Å². The number of carbonyl (C=O) groups excluding carboxylic acids is 1. The second-order valence-corrected chi connectivity index (χ2v) is 6.56. The molecule has 0 atom stereocenters. The van der Waals surface area contributed by atoms with Crippen molar-refractivity contribution < 1.29 is 23.1 Å². The second-order valence-electron chi connectivity index (χ2n) is 6.56. The van der Waals surface area contributed by atoms with Crippen LogP contribution in [0.15, 0.2) is 69.5 Å². The molecular weight excluding hydrogens is 356 g/mol. The average molecular weight is 372 g/mol. The molecule has 3 aromatic carbocycles. The molecule has 5 rings (SSSR count). The van der Waals surface area contributed by atoms with E-state index >= 15 is 0 Å². The number of benzene rings is 3. The Labute approximate surface area is 160 Å². The Kier molecular flexibility index (Phi) is 3.62. The van der Waals surface area contributed by atoms with Crippen LogP contribution in [0.5, 0.6) is 11.5 Å². The fraction of sp³-hybridized carbons (Fsp3) is 0.0870. The van der Waals surface area contributed by atoms with E-state index in [4.69, 9.17) is 18.3 Å². The molecule has 0 spiro atoms. The highest BCUT2D eigenvalue weighted by Crippen LogP contribution is 2.33. The van der Waals surface area contributed by atoms with Gasteiger partial charge in [-0.3, -0.25) is 0 Å². The molecule has 0 saturated heterocycles. The van der Waals surface area contributed by atoms with E-state index in [9.17, 15) is 4.79 Å². The second kappa shape index (κ2) is 6.16. The number of para-hydroxylation sites is 1. The zero-order valence-corrected chi connectivity index (χ0v) is 15.3. The van der Waals surface area contributed by atoms with Gasteiger partial charge in [0.25, 0.3) is 0 Å². The Bertz CT molecular complexity index is 1360. The molecule has 0 unspecified atom stereocenters. The molecule has 0 aliphatic rings. The van der Waals surface area contributed by atoms with Crippen LogP contribution in [0.3, 0.4) is 0 Å². The number of hydrogen-bond acceptors (Lipinski definition) is 5. The van der Waals surface area contributed by atoms with Gasteiger partial charge in [-0.05, 0) is 49.4 Å². The molecule has 0 radical (unpaired) electrons. The normalized spacial score (nSPS) is 11.4. The van der Waals surface area contributed by atoms with Gasteiger partial charge in [-0.15, -0.1) is 0 Å². The van der Waals surface area contributed by atoms with Crippen LogP contribution < -0.4 is 9.47 Å². The Morgan fingerprint density at radius 3 is 2.29 bits per heavy atom. The summed E-state index contributed by atoms with van der Waals surface area (Å²) in [5, 5.41) is 2.69. The average Bonchev–Trinajstić information content (AvgIpc) is 3.25. The number of rotatable bonds is 3. The van der Waals surface area contributed by atoms with Crippen LogP contribution in [0, 0.1) is 6.92 Å². The minimum Gasteiger partial charge on any atom is -0.497 e. The van der Waals surface area contributed by atoms with Crippen molar-refractivity contribution in [1.29, 1.82) is 0 Å². The number of furan rings is 2. The first-order valence-electron chi connectivity index (χ1n) is 8.84. The van der Waals surface area contributed by atoms with Crippen LogP contribution in [-0.2, 0) is 0 Å². The minimum absolute atomic E-state index is 0.181. The van der Waals surface area contributed by atoms with Crippen LogP contribution >= 0.6 is 0 Å². The maximum atomic E-state index is 12.7. The van der Waals surface area contributed by atoms with Gasteiger partial charge in [0.15, 0.2) is 0 Å². The molecule has 28 heavy (non-hydrogen) atoms. The van der Waals surface area contributed by atoms with Crippen LogP contribution in [0.25, 0.3) is 32.9 Å². The summed E-state index contributed by atoms with van der Waals surface area (Å²) >= 11 is 0. The zero-order chi connectivity index (χ0) is 19.3. The highest BCUT2D eigenvalue weighted by atomic mass is 16.5. The molecule has 5 heteroatoms. The maximum absolute atomic E-state index is 12.7. The van der Waals surface area contributed by atoms with Crippen LogP contribution in [0.4, 0.5) is 0 Å². The predicted molar refractivity (Wildman–Crippen MR) is 106 cm³/mol. The number of aryl methyl sites for hydroxylation is 1. The fourth-order valence-electron chi connectivity index (χ4n) is 3.44. The van der Waals surface area contributed by atoms with Crippen molar-refractivity contribution in [1.82, 2.24) is 0 Å². The SMILES string of the molecule is COc1ccc2oc(C(=O)Oc3ccc4oc5ccccc5c4c3)c(C)c2c1. The summed E-state index contributed by atoms with van der Waals surface area (Å²) in [5.41, 5.74) is 2.87. The van der Waals surface area contributed by atoms with Crippen LogP contribution in [-0.4, -0.2) is 13.1 Å². The first kappa shape index (κ1) is 16.4. The number of ether oxygens (including phenoxy) is 2. The quantitative estimate of drug-likeness (QED) is 0.293. The number of esters is 1. The molecule has 0 amide bonds. The van der Waals surface area contributed by atoms with Crippen molar-refractivity contribution >= 4 is 38.9 Å². The smallest absolute Gasteiger partial charge is 0.379 e. The summed E-state index contributed by atoms with van der Waals surface area (Å²) in [5.74, 6) is 0.773. The maximum Gasteiger partial charge on any atom is 0.379 e. The Morgan fingerprint density at radius 1 is 0.786 bits per heavy atom. The summed E-state index contributed by atoms with van der Waals surface area (Å²) in [4.78, 5) is 12.7. The summed E-state index contributed by atoms with van der Waals surface area (Å²) in [6.07, 6.45) is 0. The number of hydrogen-bond donors (Lipinski definition) is 0. The Hall–Kier alpha value is -3.73. The lowest BCUT2D eigenvalue weighted by atomic mass is 10.1. The van der Waals surface area contributed by atoms with Crippen LogP contribution in [0.2, 0.25) is 0 Å². The van der Waals surface area contributed by atoms with Crippen molar-refractivity contribution in [3.63, 3.8) is 0 Å². The molecule has 138 valence electrons. The van der Waals surface area contributed by atoms with E-state index in [0.717, 1.165) is 27.3 Å². The molecule has 0 N–H and O–H groups in total. The molecule has 0 saturated carbocycles.